The van der Waals surface area contributed by atoms with Gasteiger partial charge in [0.2, 0.25) is 0 Å². The van der Waals surface area contributed by atoms with E-state index in [0.29, 0.717) is 24.6 Å². The summed E-state index contributed by atoms with van der Waals surface area (Å²) in [6.45, 7) is 3.71. The summed E-state index contributed by atoms with van der Waals surface area (Å²) >= 11 is 0. The van der Waals surface area contributed by atoms with Gasteiger partial charge in [-0.15, -0.1) is 0 Å². The second kappa shape index (κ2) is 11.0. The molecule has 2 rings (SSSR count). The Hall–Kier alpha value is -3.09. The van der Waals surface area contributed by atoms with E-state index in [1.54, 1.807) is 31.1 Å². The Kier molecular flexibility index (Phi) is 8.45. The second-order valence-corrected chi connectivity index (χ2v) is 6.74. The maximum absolute atomic E-state index is 13.8. The quantitative estimate of drug-likeness (QED) is 0.528. The lowest BCUT2D eigenvalue weighted by molar-refractivity contribution is 0.0827. The maximum atomic E-state index is 13.8. The number of carbonyl (C=O) groups is 1. The van der Waals surface area contributed by atoms with E-state index in [-0.39, 0.29) is 11.7 Å². The molecule has 0 fully saturated rings. The van der Waals surface area contributed by atoms with E-state index in [1.165, 1.54) is 13.2 Å². The first-order chi connectivity index (χ1) is 13.9. The van der Waals surface area contributed by atoms with Crippen LogP contribution in [0.4, 0.5) is 4.39 Å². The van der Waals surface area contributed by atoms with Gasteiger partial charge in [0, 0.05) is 32.7 Å². The number of methoxy groups -OCH3 is 1. The summed E-state index contributed by atoms with van der Waals surface area (Å²) in [6.07, 6.45) is 0.746. The van der Waals surface area contributed by atoms with Gasteiger partial charge in [-0.3, -0.25) is 4.79 Å². The van der Waals surface area contributed by atoms with Crippen LogP contribution in [-0.2, 0) is 13.0 Å². The van der Waals surface area contributed by atoms with Crippen LogP contribution in [0.25, 0.3) is 0 Å². The van der Waals surface area contributed by atoms with Crippen molar-refractivity contribution >= 4 is 11.9 Å². The molecular weight excluding hydrogens is 371 g/mol. The molecule has 0 radical (unpaired) electrons. The number of hydrogen-bond donors (Lipinski definition) is 2. The highest BCUT2D eigenvalue weighted by atomic mass is 19.1. The largest absolute Gasteiger partial charge is 0.494 e. The third kappa shape index (κ3) is 6.78. The lowest BCUT2D eigenvalue weighted by Crippen LogP contribution is -2.38. The van der Waals surface area contributed by atoms with Gasteiger partial charge in [0.1, 0.15) is 0 Å². The summed E-state index contributed by atoms with van der Waals surface area (Å²) in [5.41, 5.74) is 2.50. The van der Waals surface area contributed by atoms with Crippen molar-refractivity contribution in [1.82, 2.24) is 15.5 Å². The van der Waals surface area contributed by atoms with Gasteiger partial charge in [0.25, 0.3) is 5.91 Å². The molecule has 0 heterocycles. The zero-order chi connectivity index (χ0) is 21.2. The minimum atomic E-state index is -0.398. The molecule has 0 spiro atoms. The fraction of sp³-hybridized carbons (Fsp3) is 0.364. The number of aliphatic imine (C=N–C) groups is 1. The molecule has 2 aromatic rings. The van der Waals surface area contributed by atoms with Crippen LogP contribution in [0.15, 0.2) is 47.5 Å². The normalized spacial score (nSPS) is 11.1. The Balaban J connectivity index is 1.95. The first-order valence-corrected chi connectivity index (χ1v) is 9.59. The molecule has 1 amide bonds. The molecule has 0 unspecified atom stereocenters. The Morgan fingerprint density at radius 2 is 1.93 bits per heavy atom. The van der Waals surface area contributed by atoms with E-state index in [2.05, 4.69) is 15.6 Å². The highest BCUT2D eigenvalue weighted by Crippen LogP contribution is 2.18. The molecule has 0 saturated heterocycles. The Labute approximate surface area is 171 Å². The summed E-state index contributed by atoms with van der Waals surface area (Å²) in [7, 11) is 4.92. The summed E-state index contributed by atoms with van der Waals surface area (Å²) < 4.78 is 18.8. The molecule has 7 heteroatoms. The van der Waals surface area contributed by atoms with Crippen LogP contribution >= 0.6 is 0 Å². The van der Waals surface area contributed by atoms with Crippen LogP contribution in [-0.4, -0.2) is 51.1 Å². The van der Waals surface area contributed by atoms with Crippen LogP contribution in [0, 0.1) is 5.82 Å². The third-order valence-corrected chi connectivity index (χ3v) is 4.27. The molecular formula is C22H29FN4O2. The first-order valence-electron chi connectivity index (χ1n) is 9.59. The molecule has 0 atom stereocenters. The summed E-state index contributed by atoms with van der Waals surface area (Å²) in [5, 5.41) is 6.45. The highest BCUT2D eigenvalue weighted by Gasteiger charge is 2.08. The predicted octanol–water partition coefficient (Wildman–Crippen LogP) is 2.83. The number of benzene rings is 2. The minimum absolute atomic E-state index is 0.0126. The van der Waals surface area contributed by atoms with Crippen LogP contribution in [0.3, 0.4) is 0 Å². The third-order valence-electron chi connectivity index (χ3n) is 4.27. The summed E-state index contributed by atoms with van der Waals surface area (Å²) in [4.78, 5) is 18.2. The van der Waals surface area contributed by atoms with Gasteiger partial charge in [0.15, 0.2) is 17.5 Å². The number of carbonyl (C=O) groups excluding carboxylic acids is 1. The van der Waals surface area contributed by atoms with Gasteiger partial charge >= 0.3 is 0 Å². The van der Waals surface area contributed by atoms with Crippen molar-refractivity contribution < 1.29 is 13.9 Å². The zero-order valence-corrected chi connectivity index (χ0v) is 17.5. The fourth-order valence-electron chi connectivity index (χ4n) is 2.76. The van der Waals surface area contributed by atoms with Gasteiger partial charge < -0.3 is 20.3 Å². The fourth-order valence-corrected chi connectivity index (χ4v) is 2.76. The average Bonchev–Trinajstić information content (AvgIpc) is 2.71. The predicted molar refractivity (Wildman–Crippen MR) is 114 cm³/mol. The van der Waals surface area contributed by atoms with Gasteiger partial charge in [-0.2, -0.15) is 0 Å². The van der Waals surface area contributed by atoms with Crippen LogP contribution in [0.5, 0.6) is 5.75 Å². The number of rotatable bonds is 8. The molecule has 2 aromatic carbocycles. The highest BCUT2D eigenvalue weighted by molar-refractivity contribution is 5.94. The van der Waals surface area contributed by atoms with Gasteiger partial charge in [-0.1, -0.05) is 18.2 Å². The van der Waals surface area contributed by atoms with E-state index in [0.717, 1.165) is 24.1 Å². The topological polar surface area (TPSA) is 66.0 Å². The molecule has 6 nitrogen and oxygen atoms in total. The first kappa shape index (κ1) is 22.2. The van der Waals surface area contributed by atoms with E-state index >= 15 is 0 Å². The molecule has 0 bridgehead atoms. The molecule has 0 aliphatic rings. The number of nitrogens with zero attached hydrogens (tertiary/aromatic N) is 2. The minimum Gasteiger partial charge on any atom is -0.494 e. The smallest absolute Gasteiger partial charge is 0.253 e. The van der Waals surface area contributed by atoms with Gasteiger partial charge in [-0.05, 0) is 48.7 Å². The van der Waals surface area contributed by atoms with Gasteiger partial charge in [0.05, 0.1) is 13.7 Å². The van der Waals surface area contributed by atoms with Crippen molar-refractivity contribution in [1.29, 1.82) is 0 Å². The SMILES string of the molecule is CCNC(=NCc1ccc(OC)c(F)c1)NCCc1cccc(C(=O)N(C)C)c1. The average molecular weight is 400 g/mol. The Bertz CT molecular complexity index is 852. The van der Waals surface area contributed by atoms with Gasteiger partial charge in [-0.25, -0.2) is 9.38 Å². The molecule has 0 aliphatic heterocycles. The number of hydrogen-bond acceptors (Lipinski definition) is 3. The number of halogens is 1. The van der Waals surface area contributed by atoms with Crippen molar-refractivity contribution in [3.63, 3.8) is 0 Å². The summed E-state index contributed by atoms with van der Waals surface area (Å²) in [6, 6.07) is 12.4. The van der Waals surface area contributed by atoms with Crippen LogP contribution in [0.1, 0.15) is 28.4 Å². The van der Waals surface area contributed by atoms with Crippen molar-refractivity contribution in [3.8, 4) is 5.75 Å². The van der Waals surface area contributed by atoms with Crippen molar-refractivity contribution in [3.05, 3.63) is 65.0 Å². The number of guanidine groups is 1. The van der Waals surface area contributed by atoms with Crippen molar-refractivity contribution in [2.75, 3.05) is 34.3 Å². The lowest BCUT2D eigenvalue weighted by atomic mass is 10.1. The van der Waals surface area contributed by atoms with Crippen molar-refractivity contribution in [2.45, 2.75) is 19.9 Å². The van der Waals surface area contributed by atoms with E-state index in [1.807, 2.05) is 31.2 Å². The molecule has 29 heavy (non-hydrogen) atoms. The zero-order valence-electron chi connectivity index (χ0n) is 17.5. The van der Waals surface area contributed by atoms with E-state index < -0.39 is 5.82 Å². The molecule has 0 saturated carbocycles. The standard InChI is InChI=1S/C22H29FN4O2/c1-5-24-22(26-15-17-9-10-20(29-4)19(23)14-17)25-12-11-16-7-6-8-18(13-16)21(28)27(2)3/h6-10,13-14H,5,11-12,15H2,1-4H3,(H2,24,25,26). The second-order valence-electron chi connectivity index (χ2n) is 6.74. The van der Waals surface area contributed by atoms with Crippen LogP contribution in [0.2, 0.25) is 0 Å². The van der Waals surface area contributed by atoms with Crippen molar-refractivity contribution in [2.24, 2.45) is 4.99 Å². The maximum Gasteiger partial charge on any atom is 0.253 e. The lowest BCUT2D eigenvalue weighted by Gasteiger charge is -2.13. The van der Waals surface area contributed by atoms with Crippen LogP contribution < -0.4 is 15.4 Å². The molecule has 2 N–H and O–H groups in total. The number of amides is 1. The van der Waals surface area contributed by atoms with E-state index in [9.17, 15) is 9.18 Å². The van der Waals surface area contributed by atoms with E-state index in [4.69, 9.17) is 4.74 Å². The Morgan fingerprint density at radius 3 is 2.59 bits per heavy atom. The molecule has 156 valence electrons. The number of ether oxygens (including phenoxy) is 1. The Morgan fingerprint density at radius 1 is 1.14 bits per heavy atom. The summed E-state index contributed by atoms with van der Waals surface area (Å²) in [5.74, 6) is 0.466. The molecule has 0 aliphatic carbocycles. The number of nitrogens with one attached hydrogen (secondary N) is 2. The molecule has 0 aromatic heterocycles. The monoisotopic (exact) mass is 400 g/mol.